The third kappa shape index (κ3) is 16.0. The number of alkyl halides is 3. The highest BCUT2D eigenvalue weighted by Crippen LogP contribution is 2.38. The Kier molecular flexibility index (Phi) is 21.1. The molecule has 3 aromatic heterocycles. The summed E-state index contributed by atoms with van der Waals surface area (Å²) in [5.41, 5.74) is 1.65. The van der Waals surface area contributed by atoms with Crippen molar-refractivity contribution in [3.8, 4) is 21.6 Å². The second-order valence-corrected chi connectivity index (χ2v) is 25.2. The number of halogens is 4. The third-order valence-electron chi connectivity index (χ3n) is 16.9. The number of hydrogen-bond donors (Lipinski definition) is 5. The number of aryl methyl sites for hydroxylation is 1. The zero-order valence-electron chi connectivity index (χ0n) is 50.4. The molecule has 0 aliphatic carbocycles. The summed E-state index contributed by atoms with van der Waals surface area (Å²) < 4.78 is 58.3. The highest BCUT2D eigenvalue weighted by molar-refractivity contribution is 7.13. The molecule has 0 spiro atoms. The minimum absolute atomic E-state index is 0.00920. The highest BCUT2D eigenvalue weighted by Gasteiger charge is 2.45. The summed E-state index contributed by atoms with van der Waals surface area (Å²) in [6, 6.07) is 12.3. The number of aromatic amines is 1. The van der Waals surface area contributed by atoms with Crippen molar-refractivity contribution in [2.45, 2.75) is 155 Å². The molecule has 23 heteroatoms. The van der Waals surface area contributed by atoms with Crippen molar-refractivity contribution in [3.63, 3.8) is 0 Å². The van der Waals surface area contributed by atoms with E-state index in [2.05, 4.69) is 35.8 Å². The van der Waals surface area contributed by atoms with Gasteiger partial charge in [0.05, 0.1) is 50.7 Å². The van der Waals surface area contributed by atoms with Crippen molar-refractivity contribution < 1.29 is 46.6 Å². The van der Waals surface area contributed by atoms with Gasteiger partial charge in [-0.3, -0.25) is 33.7 Å². The van der Waals surface area contributed by atoms with Crippen molar-refractivity contribution in [3.05, 3.63) is 111 Å². The van der Waals surface area contributed by atoms with Crippen LogP contribution in [0, 0.1) is 18.2 Å². The number of carbonyl (C=O) groups is 5. The molecule has 3 fully saturated rings. The van der Waals surface area contributed by atoms with Gasteiger partial charge in [-0.15, -0.1) is 11.3 Å². The van der Waals surface area contributed by atoms with Gasteiger partial charge in [-0.1, -0.05) is 77.1 Å². The summed E-state index contributed by atoms with van der Waals surface area (Å²) >= 11 is 1.57. The van der Waals surface area contributed by atoms with Gasteiger partial charge < -0.3 is 45.6 Å². The van der Waals surface area contributed by atoms with Gasteiger partial charge in [-0.25, -0.2) is 14.4 Å². The standard InChI is InChI=1S/C63H81F4N11O7S/c1-38-34-77(35-39(2)74(38)8)51-31-49(64)46(29-50(51)72-59(83)47-33-69-55(81)30-48(47)63(65,66)67)44-22-23-53(68-32-44)75-24-26-76(27-25-75)56(82)17-15-13-11-9-10-12-14-16-54(80)73-58(62(5,6)7)61(85)78-36-45(79)28-52(78)60(84)71-40(3)42-18-20-43(21-19-42)57-41(4)70-37-86-57/h18-23,29-33,37-40,45,52,58,79H,9-17,24-28,34-36H2,1-8H3,(H,69,81)(H,71,84)(H,72,83)(H,73,80)/t38-,39+,40?,45-,52+,58?/m1/s1. The SMILES string of the molecule is Cc1ncsc1-c1ccc(C(C)NC(=O)[C@@H]2C[C@@H](O)CN2C(=O)C(NC(=O)CCCCCCCCCC(=O)N2CCN(c3ccc(-c4cc(NC(=O)c5c[nH]c(=O)cc5C(F)(F)F)c(N5C[C@@H](C)N(C)[C@@H](C)C5)cc4F)cn3)CC2)C(C)(C)C)cc1. The Bertz CT molecular complexity index is 3240. The number of hydrogen-bond acceptors (Lipinski definition) is 13. The number of anilines is 3. The number of aliphatic hydroxyl groups is 1. The van der Waals surface area contributed by atoms with Crippen molar-refractivity contribution in [2.75, 3.05) is 68.0 Å². The molecule has 0 bridgehead atoms. The molecule has 8 rings (SSSR count). The molecule has 464 valence electrons. The molecule has 5 aromatic rings. The smallest absolute Gasteiger partial charge is 0.391 e. The van der Waals surface area contributed by atoms with E-state index in [-0.39, 0.29) is 66.5 Å². The fourth-order valence-corrected chi connectivity index (χ4v) is 12.4. The molecule has 0 saturated carbocycles. The molecule has 3 aliphatic rings. The third-order valence-corrected chi connectivity index (χ3v) is 17.9. The van der Waals surface area contributed by atoms with E-state index < -0.39 is 64.1 Å². The average molecular weight is 1210 g/mol. The largest absolute Gasteiger partial charge is 0.417 e. The van der Waals surface area contributed by atoms with Crippen molar-refractivity contribution in [1.29, 1.82) is 0 Å². The molecule has 6 atom stereocenters. The van der Waals surface area contributed by atoms with Crippen molar-refractivity contribution in [1.82, 2.24) is 40.3 Å². The van der Waals surface area contributed by atoms with E-state index in [1.54, 1.807) is 23.5 Å². The van der Waals surface area contributed by atoms with Crippen LogP contribution in [0.1, 0.15) is 139 Å². The molecule has 5 amide bonds. The first-order chi connectivity index (χ1) is 40.8. The maximum Gasteiger partial charge on any atom is 0.417 e. The number of unbranched alkanes of at least 4 members (excludes halogenated alkanes) is 6. The monoisotopic (exact) mass is 1210 g/mol. The van der Waals surface area contributed by atoms with E-state index in [4.69, 9.17) is 0 Å². The molecule has 3 saturated heterocycles. The number of benzene rings is 2. The molecule has 5 N–H and O–H groups in total. The minimum atomic E-state index is -4.99. The number of pyridine rings is 2. The number of β-amino-alcohol motifs (C(OH)–C–C–N with tert-alkyl or cyclic N) is 1. The molecule has 86 heavy (non-hydrogen) atoms. The maximum atomic E-state index is 16.2. The van der Waals surface area contributed by atoms with Crippen molar-refractivity contribution >= 4 is 58.1 Å². The Balaban J connectivity index is 0.749. The lowest BCUT2D eigenvalue weighted by Gasteiger charge is -2.44. The second-order valence-electron chi connectivity index (χ2n) is 24.3. The number of H-pyrrole nitrogens is 1. The average Bonchev–Trinajstić information content (AvgIpc) is 1.99. The van der Waals surface area contributed by atoms with Crippen LogP contribution in [0.5, 0.6) is 0 Å². The number of aromatic nitrogens is 3. The van der Waals surface area contributed by atoms with Gasteiger partial charge >= 0.3 is 6.18 Å². The first kappa shape index (κ1) is 64.8. The van der Waals surface area contributed by atoms with E-state index in [0.717, 1.165) is 66.4 Å². The van der Waals surface area contributed by atoms with Crippen molar-refractivity contribution in [2.24, 2.45) is 5.41 Å². The quantitative estimate of drug-likeness (QED) is 0.0343. The predicted molar refractivity (Wildman–Crippen MR) is 325 cm³/mol. The van der Waals surface area contributed by atoms with Crippen LogP contribution in [0.4, 0.5) is 34.8 Å². The van der Waals surface area contributed by atoms with Crippen LogP contribution in [0.25, 0.3) is 21.6 Å². The van der Waals surface area contributed by atoms with Crippen LogP contribution in [-0.4, -0.2) is 147 Å². The van der Waals surface area contributed by atoms with E-state index >= 15 is 4.39 Å². The summed E-state index contributed by atoms with van der Waals surface area (Å²) in [4.78, 5) is 101. The molecule has 6 heterocycles. The number of aliphatic hydroxyl groups excluding tert-OH is 1. The lowest BCUT2D eigenvalue weighted by atomic mass is 9.85. The fourth-order valence-electron chi connectivity index (χ4n) is 11.6. The zero-order valence-corrected chi connectivity index (χ0v) is 51.2. The Morgan fingerprint density at radius 1 is 0.814 bits per heavy atom. The first-order valence-electron chi connectivity index (χ1n) is 29.8. The summed E-state index contributed by atoms with van der Waals surface area (Å²) in [7, 11) is 1.98. The lowest BCUT2D eigenvalue weighted by Crippen LogP contribution is -2.57. The Labute approximate surface area is 504 Å². The van der Waals surface area contributed by atoms with Crippen LogP contribution in [-0.2, 0) is 25.4 Å². The summed E-state index contributed by atoms with van der Waals surface area (Å²) in [6.07, 6.45) is 3.05. The number of amides is 5. The summed E-state index contributed by atoms with van der Waals surface area (Å²) in [5.74, 6) is -2.06. The van der Waals surface area contributed by atoms with Gasteiger partial charge in [0.15, 0.2) is 0 Å². The predicted octanol–water partition coefficient (Wildman–Crippen LogP) is 9.34. The number of rotatable bonds is 21. The zero-order chi connectivity index (χ0) is 62.2. The number of thiazole rings is 1. The second kappa shape index (κ2) is 28.1. The van der Waals surface area contributed by atoms with E-state index in [1.165, 1.54) is 23.2 Å². The maximum absolute atomic E-state index is 16.2. The van der Waals surface area contributed by atoms with Crippen LogP contribution < -0.4 is 31.3 Å². The number of likely N-dealkylation sites (tertiary alicyclic amines) is 1. The van der Waals surface area contributed by atoms with Gasteiger partial charge in [0.1, 0.15) is 23.7 Å². The molecular weight excluding hydrogens is 1130 g/mol. The molecular formula is C63H81F4N11O7S. The topological polar surface area (TPSA) is 217 Å². The Morgan fingerprint density at radius 2 is 1.45 bits per heavy atom. The van der Waals surface area contributed by atoms with Gasteiger partial charge in [0.2, 0.25) is 29.2 Å². The van der Waals surface area contributed by atoms with Gasteiger partial charge in [0, 0.05) is 107 Å². The summed E-state index contributed by atoms with van der Waals surface area (Å²) in [6.45, 7) is 16.4. The van der Waals surface area contributed by atoms with Crippen LogP contribution in [0.3, 0.4) is 0 Å². The number of nitrogens with zero attached hydrogens (tertiary/aromatic N) is 7. The molecule has 2 aromatic carbocycles. The molecule has 3 aliphatic heterocycles. The first-order valence-corrected chi connectivity index (χ1v) is 30.6. The minimum Gasteiger partial charge on any atom is -0.391 e. The Morgan fingerprint density at radius 3 is 2.06 bits per heavy atom. The van der Waals surface area contributed by atoms with Gasteiger partial charge in [-0.2, -0.15) is 13.2 Å². The highest BCUT2D eigenvalue weighted by atomic mass is 32.1. The van der Waals surface area contributed by atoms with E-state index in [1.807, 2.05) is 100.0 Å². The summed E-state index contributed by atoms with van der Waals surface area (Å²) in [5, 5.41) is 19.3. The van der Waals surface area contributed by atoms with E-state index in [9.17, 15) is 47.0 Å². The van der Waals surface area contributed by atoms with Gasteiger partial charge in [0.25, 0.3) is 5.91 Å². The van der Waals surface area contributed by atoms with Crippen LogP contribution in [0.2, 0.25) is 0 Å². The number of piperazine rings is 2. The van der Waals surface area contributed by atoms with Crippen LogP contribution in [0.15, 0.2) is 77.3 Å². The Hall–Kier alpha value is -7.24. The number of likely N-dealkylation sites (N-methyl/N-ethyl adjacent to an activating group) is 1. The van der Waals surface area contributed by atoms with Crippen LogP contribution >= 0.6 is 11.3 Å². The normalized spacial score (nSPS) is 19.3. The number of carbonyl (C=O) groups excluding carboxylic acids is 5. The molecule has 18 nitrogen and oxygen atoms in total. The number of nitrogens with one attached hydrogen (secondary N) is 4. The fraction of sp³-hybridized carbons (Fsp3) is 0.524. The molecule has 2 unspecified atom stereocenters. The lowest BCUT2D eigenvalue weighted by molar-refractivity contribution is -0.144. The van der Waals surface area contributed by atoms with E-state index in [0.29, 0.717) is 75.2 Å². The van der Waals surface area contributed by atoms with Gasteiger partial charge in [-0.05, 0) is 88.4 Å². The molecule has 0 radical (unpaired) electrons.